The smallest absolute Gasteiger partial charge is 0.276 e. The zero-order chi connectivity index (χ0) is 27.3. The molecule has 2 aliphatic carbocycles. The molecule has 3 amide bonds. The van der Waals surface area contributed by atoms with Crippen molar-refractivity contribution >= 4 is 35.1 Å². The minimum absolute atomic E-state index is 0.0621. The molecule has 0 saturated heterocycles. The van der Waals surface area contributed by atoms with Crippen molar-refractivity contribution in [2.45, 2.75) is 62.4 Å². The summed E-state index contributed by atoms with van der Waals surface area (Å²) in [5.74, 6) is 0.352. The zero-order valence-electron chi connectivity index (χ0n) is 22.0. The molecular weight excluding hydrogens is 506 g/mol. The van der Waals surface area contributed by atoms with Gasteiger partial charge in [-0.15, -0.1) is 0 Å². The third-order valence-corrected chi connectivity index (χ3v) is 8.71. The largest absolute Gasteiger partial charge is 0.310 e. The molecule has 202 valence electrons. The first kappa shape index (κ1) is 24.6. The molecular formula is C30H29N7O3. The molecule has 10 nitrogen and oxygen atoms in total. The maximum absolute atomic E-state index is 13.6. The molecule has 0 bridgehead atoms. The molecule has 40 heavy (non-hydrogen) atoms. The first-order chi connectivity index (χ1) is 19.5. The van der Waals surface area contributed by atoms with Gasteiger partial charge in [0, 0.05) is 24.2 Å². The molecule has 7 rings (SSSR count). The lowest BCUT2D eigenvalue weighted by molar-refractivity contribution is -0.133. The maximum Gasteiger partial charge on any atom is 0.276 e. The summed E-state index contributed by atoms with van der Waals surface area (Å²) in [7, 11) is 0. The summed E-state index contributed by atoms with van der Waals surface area (Å²) in [5.41, 5.74) is 2.25. The predicted molar refractivity (Wildman–Crippen MR) is 148 cm³/mol. The van der Waals surface area contributed by atoms with Crippen LogP contribution in [0.2, 0.25) is 0 Å². The van der Waals surface area contributed by atoms with Gasteiger partial charge in [0.25, 0.3) is 5.91 Å². The van der Waals surface area contributed by atoms with E-state index in [-0.39, 0.29) is 24.3 Å². The van der Waals surface area contributed by atoms with Crippen LogP contribution >= 0.6 is 0 Å². The highest BCUT2D eigenvalue weighted by atomic mass is 16.2. The van der Waals surface area contributed by atoms with Crippen molar-refractivity contribution < 1.29 is 14.4 Å². The van der Waals surface area contributed by atoms with Crippen LogP contribution in [-0.4, -0.2) is 55.5 Å². The average Bonchev–Trinajstić information content (AvgIpc) is 3.48. The third kappa shape index (κ3) is 3.89. The molecule has 2 aliphatic heterocycles. The second kappa shape index (κ2) is 9.32. The van der Waals surface area contributed by atoms with Crippen molar-refractivity contribution in [1.82, 2.24) is 19.9 Å². The van der Waals surface area contributed by atoms with E-state index in [1.807, 2.05) is 24.3 Å². The normalized spacial score (nSPS) is 22.6. The summed E-state index contributed by atoms with van der Waals surface area (Å²) in [6.45, 7) is -0.122. The minimum atomic E-state index is -0.729. The number of carbonyl (C=O) groups excluding carboxylic acids is 3. The quantitative estimate of drug-likeness (QED) is 0.528. The second-order valence-corrected chi connectivity index (χ2v) is 11.1. The number of pyridine rings is 3. The van der Waals surface area contributed by atoms with Crippen molar-refractivity contribution in [2.24, 2.45) is 4.99 Å². The molecule has 10 heteroatoms. The van der Waals surface area contributed by atoms with E-state index >= 15 is 0 Å². The van der Waals surface area contributed by atoms with Crippen LogP contribution in [0.1, 0.15) is 60.9 Å². The van der Waals surface area contributed by atoms with Crippen molar-refractivity contribution in [3.8, 4) is 0 Å². The van der Waals surface area contributed by atoms with Gasteiger partial charge >= 0.3 is 0 Å². The van der Waals surface area contributed by atoms with Crippen LogP contribution in [0.3, 0.4) is 0 Å². The fourth-order valence-corrected chi connectivity index (χ4v) is 6.75. The number of hydrogen-bond donors (Lipinski definition) is 2. The fourth-order valence-electron chi connectivity index (χ4n) is 6.75. The third-order valence-electron chi connectivity index (χ3n) is 8.71. The number of nitrogens with one attached hydrogen (secondary N) is 2. The molecule has 1 saturated carbocycles. The number of carbonyl (C=O) groups is 3. The van der Waals surface area contributed by atoms with Crippen LogP contribution in [0, 0.1) is 0 Å². The Balaban J connectivity index is 1.11. The van der Waals surface area contributed by atoms with Crippen LogP contribution in [0.15, 0.2) is 60.0 Å². The van der Waals surface area contributed by atoms with E-state index in [4.69, 9.17) is 4.99 Å². The Morgan fingerprint density at radius 1 is 0.950 bits per heavy atom. The Morgan fingerprint density at radius 2 is 1.75 bits per heavy atom. The van der Waals surface area contributed by atoms with Gasteiger partial charge < -0.3 is 15.5 Å². The van der Waals surface area contributed by atoms with Crippen molar-refractivity contribution in [1.29, 1.82) is 0 Å². The standard InChI is InChI=1S/C30H29N7O3/c38-24(18-37-27(39)25(22-9-3-6-12-31-22)36-30(37)10-4-1-2-5-11-30)34-23-14-19-15-29(16-20(19)17-33-23)21-8-7-13-32-26(21)35-28(29)40/h3,6-9,12-14,17H,1-2,4-5,10-11,15-16,18H2,(H,32,35,40)(H,33,34,38)/t29-/m0/s1. The summed E-state index contributed by atoms with van der Waals surface area (Å²) < 4.78 is 0. The monoisotopic (exact) mass is 535 g/mol. The summed E-state index contributed by atoms with van der Waals surface area (Å²) >= 11 is 0. The van der Waals surface area contributed by atoms with Gasteiger partial charge in [0.15, 0.2) is 5.71 Å². The molecule has 2 N–H and O–H groups in total. The van der Waals surface area contributed by atoms with E-state index in [9.17, 15) is 14.4 Å². The number of fused-ring (bicyclic) bond motifs is 3. The molecule has 2 spiro atoms. The van der Waals surface area contributed by atoms with Gasteiger partial charge in [0.2, 0.25) is 11.8 Å². The van der Waals surface area contributed by atoms with E-state index in [1.165, 1.54) is 0 Å². The van der Waals surface area contributed by atoms with Gasteiger partial charge in [-0.2, -0.15) is 0 Å². The van der Waals surface area contributed by atoms with Gasteiger partial charge in [-0.1, -0.05) is 25.0 Å². The van der Waals surface area contributed by atoms with Crippen LogP contribution in [0.25, 0.3) is 0 Å². The number of aromatic nitrogens is 3. The second-order valence-electron chi connectivity index (χ2n) is 11.1. The number of hydrogen-bond acceptors (Lipinski definition) is 7. The summed E-state index contributed by atoms with van der Waals surface area (Å²) in [4.78, 5) is 59.7. The number of aliphatic imine (C=N–C) groups is 1. The van der Waals surface area contributed by atoms with Crippen molar-refractivity contribution in [2.75, 3.05) is 17.2 Å². The molecule has 5 heterocycles. The summed E-state index contributed by atoms with van der Waals surface area (Å²) in [5, 5.41) is 5.81. The topological polar surface area (TPSA) is 130 Å². The predicted octanol–water partition coefficient (Wildman–Crippen LogP) is 3.18. The summed E-state index contributed by atoms with van der Waals surface area (Å²) in [6.07, 6.45) is 11.6. The Hall–Kier alpha value is -4.47. The lowest BCUT2D eigenvalue weighted by Crippen LogP contribution is -2.50. The average molecular weight is 536 g/mol. The van der Waals surface area contributed by atoms with Crippen molar-refractivity contribution in [3.05, 3.63) is 77.4 Å². The lowest BCUT2D eigenvalue weighted by atomic mass is 9.79. The number of amides is 3. The number of rotatable bonds is 4. The molecule has 0 radical (unpaired) electrons. The van der Waals surface area contributed by atoms with E-state index < -0.39 is 11.1 Å². The molecule has 1 fully saturated rings. The van der Waals surface area contributed by atoms with E-state index in [1.54, 1.807) is 35.6 Å². The number of nitrogens with zero attached hydrogens (tertiary/aromatic N) is 5. The fraction of sp³-hybridized carbons (Fsp3) is 0.367. The molecule has 1 atom stereocenters. The van der Waals surface area contributed by atoms with Crippen molar-refractivity contribution in [3.63, 3.8) is 0 Å². The van der Waals surface area contributed by atoms with Gasteiger partial charge in [0.05, 0.1) is 11.1 Å². The minimum Gasteiger partial charge on any atom is -0.310 e. The highest BCUT2D eigenvalue weighted by molar-refractivity contribution is 6.46. The zero-order valence-corrected chi connectivity index (χ0v) is 22.0. The molecule has 3 aromatic rings. The van der Waals surface area contributed by atoms with E-state index in [0.717, 1.165) is 55.2 Å². The Morgan fingerprint density at radius 3 is 2.55 bits per heavy atom. The molecule has 3 aromatic heterocycles. The Kier molecular flexibility index (Phi) is 5.72. The van der Waals surface area contributed by atoms with Gasteiger partial charge in [-0.05, 0) is 73.9 Å². The van der Waals surface area contributed by atoms with Gasteiger partial charge in [-0.3, -0.25) is 19.4 Å². The van der Waals surface area contributed by atoms with Gasteiger partial charge in [-0.25, -0.2) is 15.0 Å². The molecule has 0 unspecified atom stereocenters. The van der Waals surface area contributed by atoms with E-state index in [2.05, 4.69) is 25.6 Å². The Bertz CT molecular complexity index is 1560. The molecule has 0 aromatic carbocycles. The van der Waals surface area contributed by atoms with Crippen LogP contribution in [-0.2, 0) is 32.6 Å². The first-order valence-electron chi connectivity index (χ1n) is 13.9. The SMILES string of the molecule is O=C(CN1C(=O)C(c2ccccn2)=NC12CCCCCC2)Nc1cc2c(cn1)C[C@]1(C2)C(=O)Nc2ncccc21. The van der Waals surface area contributed by atoms with Crippen LogP contribution in [0.4, 0.5) is 11.6 Å². The lowest BCUT2D eigenvalue weighted by Gasteiger charge is -2.35. The molecule has 4 aliphatic rings. The van der Waals surface area contributed by atoms with E-state index in [0.29, 0.717) is 35.9 Å². The number of anilines is 2. The summed E-state index contributed by atoms with van der Waals surface area (Å²) in [6, 6.07) is 11.0. The maximum atomic E-state index is 13.6. The van der Waals surface area contributed by atoms with Crippen LogP contribution < -0.4 is 10.6 Å². The first-order valence-corrected chi connectivity index (χ1v) is 13.9. The highest BCUT2D eigenvalue weighted by Gasteiger charge is 2.51. The van der Waals surface area contributed by atoms with Crippen LogP contribution in [0.5, 0.6) is 0 Å². The van der Waals surface area contributed by atoms with Gasteiger partial charge in [0.1, 0.15) is 23.8 Å². The Labute approximate surface area is 231 Å². The highest BCUT2D eigenvalue weighted by Crippen LogP contribution is 2.46.